The zero-order chi connectivity index (χ0) is 15.2. The van der Waals surface area contributed by atoms with Gasteiger partial charge in [-0.2, -0.15) is 5.26 Å². The first-order valence-corrected chi connectivity index (χ1v) is 6.75. The Labute approximate surface area is 127 Å². The van der Waals surface area contributed by atoms with Crippen LogP contribution in [0.1, 0.15) is 16.7 Å². The molecule has 0 saturated heterocycles. The van der Waals surface area contributed by atoms with Crippen molar-refractivity contribution in [2.75, 3.05) is 7.11 Å². The zero-order valence-corrected chi connectivity index (χ0v) is 12.2. The van der Waals surface area contributed by atoms with Gasteiger partial charge < -0.3 is 9.47 Å². The fourth-order valence-electron chi connectivity index (χ4n) is 1.86. The van der Waals surface area contributed by atoms with Crippen LogP contribution < -0.4 is 9.47 Å². The van der Waals surface area contributed by atoms with E-state index in [2.05, 4.69) is 0 Å². The highest BCUT2D eigenvalue weighted by Crippen LogP contribution is 2.29. The van der Waals surface area contributed by atoms with E-state index in [1.807, 2.05) is 12.1 Å². The molecule has 3 nitrogen and oxygen atoms in total. The van der Waals surface area contributed by atoms with Crippen molar-refractivity contribution in [2.45, 2.75) is 12.5 Å². The van der Waals surface area contributed by atoms with Crippen LogP contribution in [0.2, 0.25) is 0 Å². The molecule has 0 saturated carbocycles. The molecule has 0 aliphatic carbocycles. The summed E-state index contributed by atoms with van der Waals surface area (Å²) in [5, 5.41) is 9.01. The van der Waals surface area contributed by atoms with Crippen LogP contribution in [0.25, 0.3) is 0 Å². The van der Waals surface area contributed by atoms with Gasteiger partial charge in [0, 0.05) is 11.4 Å². The van der Waals surface area contributed by atoms with Gasteiger partial charge in [0.15, 0.2) is 11.5 Å². The van der Waals surface area contributed by atoms with Crippen molar-refractivity contribution in [1.29, 1.82) is 5.26 Å². The lowest BCUT2D eigenvalue weighted by atomic mass is 10.1. The highest BCUT2D eigenvalue weighted by Gasteiger charge is 2.09. The molecule has 0 unspecified atom stereocenters. The summed E-state index contributed by atoms with van der Waals surface area (Å²) < 4.78 is 24.1. The average Bonchev–Trinajstić information content (AvgIpc) is 2.52. The maximum Gasteiger partial charge on any atom is 0.161 e. The van der Waals surface area contributed by atoms with Crippen LogP contribution >= 0.6 is 11.6 Å². The summed E-state index contributed by atoms with van der Waals surface area (Å²) in [6.07, 6.45) is 0. The third kappa shape index (κ3) is 3.65. The number of nitriles is 1. The molecule has 0 aliphatic rings. The zero-order valence-electron chi connectivity index (χ0n) is 11.4. The molecule has 0 aliphatic heterocycles. The molecule has 2 rings (SSSR count). The molecule has 0 bridgehead atoms. The third-order valence-electron chi connectivity index (χ3n) is 2.95. The first kappa shape index (κ1) is 15.1. The standard InChI is InChI=1S/C16H13ClFNO2/c1-20-16-6-11(8-17)2-5-15(16)21-10-13-7-14(18)4-3-12(13)9-19/h2-7H,8,10H2,1H3. The lowest BCUT2D eigenvalue weighted by Gasteiger charge is -2.12. The normalized spacial score (nSPS) is 10.0. The Kier molecular flexibility index (Phi) is 5.02. The van der Waals surface area contributed by atoms with E-state index in [1.165, 1.54) is 25.3 Å². The molecule has 2 aromatic rings. The van der Waals surface area contributed by atoms with E-state index in [1.54, 1.807) is 12.1 Å². The second kappa shape index (κ2) is 6.96. The van der Waals surface area contributed by atoms with E-state index in [4.69, 9.17) is 26.3 Å². The topological polar surface area (TPSA) is 42.2 Å². The maximum atomic E-state index is 13.2. The SMILES string of the molecule is COc1cc(CCl)ccc1OCc1cc(F)ccc1C#N. The van der Waals surface area contributed by atoms with Crippen LogP contribution in [0, 0.1) is 17.1 Å². The second-order valence-electron chi connectivity index (χ2n) is 4.32. The first-order valence-electron chi connectivity index (χ1n) is 6.22. The van der Waals surface area contributed by atoms with E-state index in [0.717, 1.165) is 5.56 Å². The highest BCUT2D eigenvalue weighted by molar-refractivity contribution is 6.17. The van der Waals surface area contributed by atoms with E-state index >= 15 is 0 Å². The predicted octanol–water partition coefficient (Wildman–Crippen LogP) is 4.02. The molecule has 0 spiro atoms. The van der Waals surface area contributed by atoms with Gasteiger partial charge >= 0.3 is 0 Å². The Morgan fingerprint density at radius 2 is 2.00 bits per heavy atom. The van der Waals surface area contributed by atoms with Crippen LogP contribution in [-0.2, 0) is 12.5 Å². The Hall–Kier alpha value is -2.25. The number of alkyl halides is 1. The molecule has 21 heavy (non-hydrogen) atoms. The van der Waals surface area contributed by atoms with Gasteiger partial charge in [-0.25, -0.2) is 4.39 Å². The molecule has 0 atom stereocenters. The minimum atomic E-state index is -0.406. The fraction of sp³-hybridized carbons (Fsp3) is 0.188. The minimum Gasteiger partial charge on any atom is -0.493 e. The summed E-state index contributed by atoms with van der Waals surface area (Å²) in [6.45, 7) is 0.0806. The van der Waals surface area contributed by atoms with Crippen LogP contribution in [0.15, 0.2) is 36.4 Å². The van der Waals surface area contributed by atoms with E-state index in [0.29, 0.717) is 28.5 Å². The highest BCUT2D eigenvalue weighted by atomic mass is 35.5. The molecule has 2 aromatic carbocycles. The molecule has 0 aromatic heterocycles. The summed E-state index contributed by atoms with van der Waals surface area (Å²) in [5.74, 6) is 1.03. The van der Waals surface area contributed by atoms with Gasteiger partial charge in [0.1, 0.15) is 12.4 Å². The third-order valence-corrected chi connectivity index (χ3v) is 3.26. The Morgan fingerprint density at radius 1 is 1.19 bits per heavy atom. The molecule has 108 valence electrons. The lowest BCUT2D eigenvalue weighted by Crippen LogP contribution is -2.01. The Morgan fingerprint density at radius 3 is 2.67 bits per heavy atom. The number of ether oxygens (including phenoxy) is 2. The molecule has 0 heterocycles. The van der Waals surface area contributed by atoms with Gasteiger partial charge in [0.2, 0.25) is 0 Å². The molecule has 0 fully saturated rings. The molecule has 5 heteroatoms. The van der Waals surface area contributed by atoms with Crippen LogP contribution in [-0.4, -0.2) is 7.11 Å². The molecular weight excluding hydrogens is 293 g/mol. The molecular formula is C16H13ClFNO2. The number of methoxy groups -OCH3 is 1. The summed E-state index contributed by atoms with van der Waals surface area (Å²) in [6, 6.07) is 11.3. The summed E-state index contributed by atoms with van der Waals surface area (Å²) in [5.41, 5.74) is 1.78. The summed E-state index contributed by atoms with van der Waals surface area (Å²) in [7, 11) is 1.53. The Bertz CT molecular complexity index is 682. The monoisotopic (exact) mass is 305 g/mol. The molecule has 0 N–H and O–H groups in total. The Balaban J connectivity index is 2.20. The van der Waals surface area contributed by atoms with Gasteiger partial charge in [0.05, 0.1) is 18.7 Å². The van der Waals surface area contributed by atoms with Crippen molar-refractivity contribution >= 4 is 11.6 Å². The van der Waals surface area contributed by atoms with E-state index in [-0.39, 0.29) is 6.61 Å². The lowest BCUT2D eigenvalue weighted by molar-refractivity contribution is 0.283. The first-order chi connectivity index (χ1) is 10.2. The smallest absolute Gasteiger partial charge is 0.161 e. The number of nitrogens with zero attached hydrogens (tertiary/aromatic N) is 1. The van der Waals surface area contributed by atoms with Gasteiger partial charge in [0.25, 0.3) is 0 Å². The maximum absolute atomic E-state index is 13.2. The van der Waals surface area contributed by atoms with Crippen molar-refractivity contribution in [2.24, 2.45) is 0 Å². The quantitative estimate of drug-likeness (QED) is 0.783. The van der Waals surface area contributed by atoms with Gasteiger partial charge in [-0.05, 0) is 35.9 Å². The number of hydrogen-bond acceptors (Lipinski definition) is 3. The summed E-state index contributed by atoms with van der Waals surface area (Å²) in [4.78, 5) is 0. The van der Waals surface area contributed by atoms with Crippen molar-refractivity contribution in [1.82, 2.24) is 0 Å². The second-order valence-corrected chi connectivity index (χ2v) is 4.59. The van der Waals surface area contributed by atoms with Crippen molar-refractivity contribution in [3.63, 3.8) is 0 Å². The summed E-state index contributed by atoms with van der Waals surface area (Å²) >= 11 is 5.76. The number of hydrogen-bond donors (Lipinski definition) is 0. The predicted molar refractivity (Wildman–Crippen MR) is 78.0 cm³/mol. The molecule has 0 radical (unpaired) electrons. The van der Waals surface area contributed by atoms with Crippen LogP contribution in [0.4, 0.5) is 4.39 Å². The fourth-order valence-corrected chi connectivity index (χ4v) is 2.03. The number of halogens is 2. The van der Waals surface area contributed by atoms with E-state index < -0.39 is 5.82 Å². The number of benzene rings is 2. The van der Waals surface area contributed by atoms with Crippen LogP contribution in [0.5, 0.6) is 11.5 Å². The van der Waals surface area contributed by atoms with Crippen molar-refractivity contribution in [3.05, 3.63) is 58.9 Å². The van der Waals surface area contributed by atoms with Gasteiger partial charge in [-0.1, -0.05) is 6.07 Å². The van der Waals surface area contributed by atoms with Crippen LogP contribution in [0.3, 0.4) is 0 Å². The van der Waals surface area contributed by atoms with Crippen molar-refractivity contribution in [3.8, 4) is 17.6 Å². The molecule has 0 amide bonds. The van der Waals surface area contributed by atoms with Crippen molar-refractivity contribution < 1.29 is 13.9 Å². The van der Waals surface area contributed by atoms with E-state index in [9.17, 15) is 4.39 Å². The number of rotatable bonds is 5. The average molecular weight is 306 g/mol. The van der Waals surface area contributed by atoms with Gasteiger partial charge in [-0.3, -0.25) is 0 Å². The van der Waals surface area contributed by atoms with Gasteiger partial charge in [-0.15, -0.1) is 11.6 Å². The minimum absolute atomic E-state index is 0.0806. The largest absolute Gasteiger partial charge is 0.493 e.